The summed E-state index contributed by atoms with van der Waals surface area (Å²) in [6.07, 6.45) is -0.0304. The molecule has 0 saturated heterocycles. The lowest BCUT2D eigenvalue weighted by Gasteiger charge is -2.19. The monoisotopic (exact) mass is 419 g/mol. The van der Waals surface area contributed by atoms with Crippen LogP contribution in [0.3, 0.4) is 0 Å². The highest BCUT2D eigenvalue weighted by Gasteiger charge is 2.21. The summed E-state index contributed by atoms with van der Waals surface area (Å²) in [5.41, 5.74) is 1.02. The van der Waals surface area contributed by atoms with E-state index in [1.165, 1.54) is 46.3 Å². The average molecular weight is 420 g/mol. The Kier molecular flexibility index (Phi) is 7.35. The van der Waals surface area contributed by atoms with Crippen molar-refractivity contribution >= 4 is 27.5 Å². The van der Waals surface area contributed by atoms with Crippen LogP contribution in [-0.4, -0.2) is 45.7 Å². The molecule has 0 bridgehead atoms. The van der Waals surface area contributed by atoms with E-state index in [0.717, 1.165) is 9.87 Å². The summed E-state index contributed by atoms with van der Waals surface area (Å²) in [5, 5.41) is 5.45. The van der Waals surface area contributed by atoms with Crippen molar-refractivity contribution in [3.8, 4) is 5.75 Å². The third kappa shape index (κ3) is 5.78. The Morgan fingerprint density at radius 3 is 2.31 bits per heavy atom. The van der Waals surface area contributed by atoms with E-state index < -0.39 is 22.0 Å². The van der Waals surface area contributed by atoms with Crippen LogP contribution in [-0.2, 0) is 19.6 Å². The summed E-state index contributed by atoms with van der Waals surface area (Å²) >= 11 is 0. The maximum atomic E-state index is 12.7. The lowest BCUT2D eigenvalue weighted by Crippen LogP contribution is -2.29. The molecule has 9 heteroatoms. The van der Waals surface area contributed by atoms with Gasteiger partial charge in [0.1, 0.15) is 5.75 Å². The van der Waals surface area contributed by atoms with E-state index in [1.807, 2.05) is 30.3 Å². The SMILES string of the molecule is COc1ccc(S(=O)(=O)N(C)C)cc1NC(=O)CC(NC(C)=O)c1ccccc1. The molecular formula is C20H25N3O5S. The van der Waals surface area contributed by atoms with Gasteiger partial charge in [0, 0.05) is 21.0 Å². The molecule has 0 radical (unpaired) electrons. The quantitative estimate of drug-likeness (QED) is 0.682. The van der Waals surface area contributed by atoms with Crippen LogP contribution in [0.5, 0.6) is 5.75 Å². The zero-order chi connectivity index (χ0) is 21.6. The first kappa shape index (κ1) is 22.4. The summed E-state index contributed by atoms with van der Waals surface area (Å²) in [6.45, 7) is 1.38. The highest BCUT2D eigenvalue weighted by molar-refractivity contribution is 7.89. The predicted molar refractivity (Wildman–Crippen MR) is 110 cm³/mol. The Labute approximate surface area is 170 Å². The van der Waals surface area contributed by atoms with Gasteiger partial charge in [0.05, 0.1) is 30.2 Å². The molecule has 0 aliphatic rings. The number of nitrogens with one attached hydrogen (secondary N) is 2. The Balaban J connectivity index is 2.27. The first-order valence-corrected chi connectivity index (χ1v) is 10.3. The summed E-state index contributed by atoms with van der Waals surface area (Å²) < 4.78 is 31.1. The van der Waals surface area contributed by atoms with E-state index in [1.54, 1.807) is 0 Å². The molecule has 0 fully saturated rings. The molecule has 0 heterocycles. The molecule has 0 aliphatic heterocycles. The fraction of sp³-hybridized carbons (Fsp3) is 0.300. The number of nitrogens with zero attached hydrogens (tertiary/aromatic N) is 1. The highest BCUT2D eigenvalue weighted by atomic mass is 32.2. The molecule has 1 unspecified atom stereocenters. The van der Waals surface area contributed by atoms with E-state index in [2.05, 4.69) is 10.6 Å². The van der Waals surface area contributed by atoms with Gasteiger partial charge in [-0.3, -0.25) is 9.59 Å². The second-order valence-electron chi connectivity index (χ2n) is 6.57. The van der Waals surface area contributed by atoms with Crippen molar-refractivity contribution in [2.45, 2.75) is 24.3 Å². The van der Waals surface area contributed by atoms with Gasteiger partial charge in [0.15, 0.2) is 0 Å². The highest BCUT2D eigenvalue weighted by Crippen LogP contribution is 2.29. The standard InChI is InChI=1S/C20H25N3O5S/c1-14(24)21-17(15-8-6-5-7-9-15)13-20(25)22-18-12-16(10-11-19(18)28-4)29(26,27)23(2)3/h5-12,17H,13H2,1-4H3,(H,21,24)(H,22,25). The molecule has 0 saturated carbocycles. The van der Waals surface area contributed by atoms with Crippen LogP contribution >= 0.6 is 0 Å². The lowest BCUT2D eigenvalue weighted by atomic mass is 10.0. The van der Waals surface area contributed by atoms with Crippen LogP contribution in [0.4, 0.5) is 5.69 Å². The van der Waals surface area contributed by atoms with Crippen molar-refractivity contribution in [2.75, 3.05) is 26.5 Å². The summed E-state index contributed by atoms with van der Waals surface area (Å²) in [4.78, 5) is 24.2. The van der Waals surface area contributed by atoms with Crippen LogP contribution in [0, 0.1) is 0 Å². The number of amides is 2. The lowest BCUT2D eigenvalue weighted by molar-refractivity contribution is -0.120. The van der Waals surface area contributed by atoms with Gasteiger partial charge < -0.3 is 15.4 Å². The third-order valence-corrected chi connectivity index (χ3v) is 6.00. The van der Waals surface area contributed by atoms with Gasteiger partial charge in [-0.2, -0.15) is 0 Å². The number of carbonyl (C=O) groups excluding carboxylic acids is 2. The first-order chi connectivity index (χ1) is 13.6. The first-order valence-electron chi connectivity index (χ1n) is 8.87. The van der Waals surface area contributed by atoms with E-state index in [-0.39, 0.29) is 22.9 Å². The van der Waals surface area contributed by atoms with E-state index in [4.69, 9.17) is 4.74 Å². The number of hydrogen-bond donors (Lipinski definition) is 2. The Hall–Kier alpha value is -2.91. The molecule has 2 N–H and O–H groups in total. The van der Waals surface area contributed by atoms with Crippen molar-refractivity contribution < 1.29 is 22.7 Å². The normalized spacial score (nSPS) is 12.3. The van der Waals surface area contributed by atoms with Crippen molar-refractivity contribution in [3.63, 3.8) is 0 Å². The van der Waals surface area contributed by atoms with Gasteiger partial charge in [-0.1, -0.05) is 30.3 Å². The van der Waals surface area contributed by atoms with Gasteiger partial charge in [-0.25, -0.2) is 12.7 Å². The Morgan fingerprint density at radius 2 is 1.76 bits per heavy atom. The van der Waals surface area contributed by atoms with Gasteiger partial charge in [-0.15, -0.1) is 0 Å². The van der Waals surface area contributed by atoms with E-state index >= 15 is 0 Å². The Morgan fingerprint density at radius 1 is 1.10 bits per heavy atom. The van der Waals surface area contributed by atoms with Crippen LogP contribution in [0.2, 0.25) is 0 Å². The number of methoxy groups -OCH3 is 1. The molecule has 2 aromatic carbocycles. The minimum absolute atomic E-state index is 0.0278. The molecule has 156 valence electrons. The number of carbonyl (C=O) groups is 2. The molecule has 0 spiro atoms. The molecule has 8 nitrogen and oxygen atoms in total. The second kappa shape index (κ2) is 9.53. The van der Waals surface area contributed by atoms with Crippen molar-refractivity contribution in [1.82, 2.24) is 9.62 Å². The van der Waals surface area contributed by atoms with Gasteiger partial charge in [0.25, 0.3) is 0 Å². The molecule has 2 rings (SSSR count). The van der Waals surface area contributed by atoms with Crippen LogP contribution in [0.25, 0.3) is 0 Å². The smallest absolute Gasteiger partial charge is 0.242 e. The zero-order valence-electron chi connectivity index (χ0n) is 16.8. The van der Waals surface area contributed by atoms with Crippen molar-refractivity contribution in [1.29, 1.82) is 0 Å². The number of sulfonamides is 1. The van der Waals surface area contributed by atoms with E-state index in [0.29, 0.717) is 5.75 Å². The summed E-state index contributed by atoms with van der Waals surface area (Å²) in [7, 11) is 0.606. The maximum absolute atomic E-state index is 12.7. The van der Waals surface area contributed by atoms with Crippen LogP contribution in [0.1, 0.15) is 24.9 Å². The van der Waals surface area contributed by atoms with Gasteiger partial charge in [-0.05, 0) is 23.8 Å². The molecule has 0 aromatic heterocycles. The minimum atomic E-state index is -3.67. The molecule has 0 aliphatic carbocycles. The largest absolute Gasteiger partial charge is 0.495 e. The fourth-order valence-corrected chi connectivity index (χ4v) is 3.65. The predicted octanol–water partition coefficient (Wildman–Crippen LogP) is 2.15. The maximum Gasteiger partial charge on any atom is 0.242 e. The number of benzene rings is 2. The number of ether oxygens (including phenoxy) is 1. The van der Waals surface area contributed by atoms with E-state index in [9.17, 15) is 18.0 Å². The van der Waals surface area contributed by atoms with Crippen LogP contribution < -0.4 is 15.4 Å². The van der Waals surface area contributed by atoms with Crippen LogP contribution in [0.15, 0.2) is 53.4 Å². The van der Waals surface area contributed by atoms with Crippen molar-refractivity contribution in [3.05, 3.63) is 54.1 Å². The summed E-state index contributed by atoms with van der Waals surface area (Å²) in [5.74, 6) is -0.333. The minimum Gasteiger partial charge on any atom is -0.495 e. The van der Waals surface area contributed by atoms with Gasteiger partial charge in [0.2, 0.25) is 21.8 Å². The number of hydrogen-bond acceptors (Lipinski definition) is 5. The molecule has 1 atom stereocenters. The molecular weight excluding hydrogens is 394 g/mol. The van der Waals surface area contributed by atoms with Gasteiger partial charge >= 0.3 is 0 Å². The molecule has 2 aromatic rings. The Bertz CT molecular complexity index is 975. The van der Waals surface area contributed by atoms with Crippen molar-refractivity contribution in [2.24, 2.45) is 0 Å². The molecule has 29 heavy (non-hydrogen) atoms. The fourth-order valence-electron chi connectivity index (χ4n) is 2.73. The third-order valence-electron chi connectivity index (χ3n) is 4.19. The average Bonchev–Trinajstić information content (AvgIpc) is 2.67. The zero-order valence-corrected chi connectivity index (χ0v) is 17.6. The number of anilines is 1. The molecule has 2 amide bonds. The number of rotatable bonds is 8. The summed E-state index contributed by atoms with van der Waals surface area (Å²) in [6, 6.07) is 12.8. The second-order valence-corrected chi connectivity index (χ2v) is 8.72. The topological polar surface area (TPSA) is 105 Å².